The molecule has 1 fully saturated rings. The van der Waals surface area contributed by atoms with Crippen LogP contribution in [-0.4, -0.2) is 26.9 Å². The zero-order valence-electron chi connectivity index (χ0n) is 12.0. The van der Waals surface area contributed by atoms with E-state index < -0.39 is 0 Å². The first-order valence-electron chi connectivity index (χ1n) is 7.33. The minimum Gasteiger partial charge on any atom is -0.493 e. The van der Waals surface area contributed by atoms with E-state index in [9.17, 15) is 0 Å². The summed E-state index contributed by atoms with van der Waals surface area (Å²) < 4.78 is 11.4. The van der Waals surface area contributed by atoms with Gasteiger partial charge in [-0.3, -0.25) is 0 Å². The van der Waals surface area contributed by atoms with Gasteiger partial charge in [-0.25, -0.2) is 0 Å². The monoisotopic (exact) mass is 263 g/mol. The van der Waals surface area contributed by atoms with Gasteiger partial charge in [0.15, 0.2) is 0 Å². The Morgan fingerprint density at radius 1 is 1.32 bits per heavy atom. The molecule has 0 spiro atoms. The maximum absolute atomic E-state index is 5.89. The highest BCUT2D eigenvalue weighted by Gasteiger charge is 2.26. The van der Waals surface area contributed by atoms with Crippen molar-refractivity contribution < 1.29 is 9.47 Å². The van der Waals surface area contributed by atoms with Crippen molar-refractivity contribution in [3.8, 4) is 5.75 Å². The third-order valence-corrected chi connectivity index (χ3v) is 3.76. The van der Waals surface area contributed by atoms with Crippen molar-refractivity contribution in [3.05, 3.63) is 29.8 Å². The summed E-state index contributed by atoms with van der Waals surface area (Å²) in [6.07, 6.45) is 3.27. The normalized spacial score (nSPS) is 18.2. The van der Waals surface area contributed by atoms with Gasteiger partial charge in [-0.1, -0.05) is 25.1 Å². The molecule has 1 unspecified atom stereocenters. The Bertz CT molecular complexity index is 375. The Labute approximate surface area is 116 Å². The van der Waals surface area contributed by atoms with E-state index in [0.29, 0.717) is 12.0 Å². The summed E-state index contributed by atoms with van der Waals surface area (Å²) in [7, 11) is 2.04. The molecule has 0 aromatic heterocycles. The molecule has 0 radical (unpaired) electrons. The second kappa shape index (κ2) is 7.51. The summed E-state index contributed by atoms with van der Waals surface area (Å²) in [5.41, 5.74) is 1.28. The Morgan fingerprint density at radius 2 is 2.05 bits per heavy atom. The van der Waals surface area contributed by atoms with Crippen LogP contribution in [0.2, 0.25) is 0 Å². The maximum Gasteiger partial charge on any atom is 0.124 e. The lowest BCUT2D eigenvalue weighted by atomic mass is 9.87. The lowest BCUT2D eigenvalue weighted by Gasteiger charge is -2.31. The third kappa shape index (κ3) is 3.71. The average molecular weight is 263 g/mol. The molecule has 1 aliphatic rings. The largest absolute Gasteiger partial charge is 0.493 e. The summed E-state index contributed by atoms with van der Waals surface area (Å²) in [4.78, 5) is 0. The molecule has 106 valence electrons. The van der Waals surface area contributed by atoms with Crippen LogP contribution in [0.15, 0.2) is 24.3 Å². The summed E-state index contributed by atoms with van der Waals surface area (Å²) in [6, 6.07) is 8.76. The molecule has 0 aliphatic carbocycles. The molecule has 19 heavy (non-hydrogen) atoms. The topological polar surface area (TPSA) is 30.5 Å². The molecular formula is C16H25NO2. The molecule has 2 rings (SSSR count). The number of nitrogens with one attached hydrogen (secondary N) is 1. The standard InChI is InChI=1S/C16H25NO2/c1-3-10-19-15-7-5-4-6-14(15)16(17-2)13-8-11-18-12-9-13/h4-7,13,16-17H,3,8-12H2,1-2H3. The van der Waals surface area contributed by atoms with Gasteiger partial charge in [-0.15, -0.1) is 0 Å². The summed E-state index contributed by atoms with van der Waals surface area (Å²) >= 11 is 0. The second-order valence-electron chi connectivity index (χ2n) is 5.10. The smallest absolute Gasteiger partial charge is 0.124 e. The van der Waals surface area contributed by atoms with Crippen LogP contribution in [-0.2, 0) is 4.74 Å². The predicted octanol–water partition coefficient (Wildman–Crippen LogP) is 3.16. The molecule has 1 aromatic rings. The zero-order chi connectivity index (χ0) is 13.5. The van der Waals surface area contributed by atoms with Crippen molar-refractivity contribution in [1.29, 1.82) is 0 Å². The zero-order valence-corrected chi connectivity index (χ0v) is 12.0. The number of hydrogen-bond donors (Lipinski definition) is 1. The van der Waals surface area contributed by atoms with Crippen molar-refractivity contribution in [2.24, 2.45) is 5.92 Å². The van der Waals surface area contributed by atoms with E-state index in [1.165, 1.54) is 5.56 Å². The van der Waals surface area contributed by atoms with Crippen LogP contribution in [0, 0.1) is 5.92 Å². The first-order chi connectivity index (χ1) is 9.36. The van der Waals surface area contributed by atoms with Crippen molar-refractivity contribution in [3.63, 3.8) is 0 Å². The molecule has 1 atom stereocenters. The predicted molar refractivity (Wildman–Crippen MR) is 77.6 cm³/mol. The highest BCUT2D eigenvalue weighted by atomic mass is 16.5. The Morgan fingerprint density at radius 3 is 2.74 bits per heavy atom. The highest BCUT2D eigenvalue weighted by Crippen LogP contribution is 2.34. The average Bonchev–Trinajstić information content (AvgIpc) is 2.48. The van der Waals surface area contributed by atoms with Crippen LogP contribution in [0.4, 0.5) is 0 Å². The summed E-state index contributed by atoms with van der Waals surface area (Å²) in [6.45, 7) is 4.67. The van der Waals surface area contributed by atoms with Crippen molar-refractivity contribution >= 4 is 0 Å². The first kappa shape index (κ1) is 14.4. The molecule has 1 saturated heterocycles. The van der Waals surface area contributed by atoms with E-state index >= 15 is 0 Å². The second-order valence-corrected chi connectivity index (χ2v) is 5.10. The molecule has 0 bridgehead atoms. The minimum absolute atomic E-state index is 0.358. The molecule has 0 saturated carbocycles. The van der Waals surface area contributed by atoms with E-state index in [2.05, 4.69) is 30.4 Å². The van der Waals surface area contributed by atoms with Gasteiger partial charge < -0.3 is 14.8 Å². The Kier molecular flexibility index (Phi) is 5.67. The SMILES string of the molecule is CCCOc1ccccc1C(NC)C1CCOCC1. The fourth-order valence-electron chi connectivity index (χ4n) is 2.78. The molecule has 1 heterocycles. The fourth-order valence-corrected chi connectivity index (χ4v) is 2.78. The molecule has 3 nitrogen and oxygen atoms in total. The number of benzene rings is 1. The first-order valence-corrected chi connectivity index (χ1v) is 7.33. The van der Waals surface area contributed by atoms with Gasteiger partial charge in [0.1, 0.15) is 5.75 Å². The van der Waals surface area contributed by atoms with E-state index in [1.54, 1.807) is 0 Å². The molecule has 1 aliphatic heterocycles. The van der Waals surface area contributed by atoms with Crippen LogP contribution in [0.3, 0.4) is 0 Å². The van der Waals surface area contributed by atoms with Gasteiger partial charge in [-0.05, 0) is 38.3 Å². The molecule has 3 heteroatoms. The third-order valence-electron chi connectivity index (χ3n) is 3.76. The molecule has 0 amide bonds. The van der Waals surface area contributed by atoms with E-state index in [0.717, 1.165) is 44.8 Å². The summed E-state index contributed by atoms with van der Waals surface area (Å²) in [5, 5.41) is 3.47. The fraction of sp³-hybridized carbons (Fsp3) is 0.625. The number of rotatable bonds is 6. The van der Waals surface area contributed by atoms with Crippen LogP contribution < -0.4 is 10.1 Å². The molecule has 1 aromatic carbocycles. The van der Waals surface area contributed by atoms with Crippen LogP contribution in [0.5, 0.6) is 5.75 Å². The minimum atomic E-state index is 0.358. The lowest BCUT2D eigenvalue weighted by molar-refractivity contribution is 0.0542. The van der Waals surface area contributed by atoms with E-state index in [1.807, 2.05) is 13.1 Å². The molecular weight excluding hydrogens is 238 g/mol. The highest BCUT2D eigenvalue weighted by molar-refractivity contribution is 5.36. The Hall–Kier alpha value is -1.06. The van der Waals surface area contributed by atoms with Crippen LogP contribution in [0.1, 0.15) is 37.8 Å². The van der Waals surface area contributed by atoms with Crippen molar-refractivity contribution in [2.75, 3.05) is 26.9 Å². The number of hydrogen-bond acceptors (Lipinski definition) is 3. The van der Waals surface area contributed by atoms with Crippen molar-refractivity contribution in [1.82, 2.24) is 5.32 Å². The van der Waals surface area contributed by atoms with Gasteiger partial charge in [0.05, 0.1) is 6.61 Å². The van der Waals surface area contributed by atoms with Gasteiger partial charge in [-0.2, -0.15) is 0 Å². The maximum atomic E-state index is 5.89. The quantitative estimate of drug-likeness (QED) is 0.855. The van der Waals surface area contributed by atoms with E-state index in [4.69, 9.17) is 9.47 Å². The Balaban J connectivity index is 2.16. The lowest BCUT2D eigenvalue weighted by Crippen LogP contribution is -2.30. The van der Waals surface area contributed by atoms with Gasteiger partial charge in [0.2, 0.25) is 0 Å². The van der Waals surface area contributed by atoms with Crippen molar-refractivity contribution in [2.45, 2.75) is 32.2 Å². The van der Waals surface area contributed by atoms with Gasteiger partial charge >= 0.3 is 0 Å². The van der Waals surface area contributed by atoms with Gasteiger partial charge in [0, 0.05) is 24.8 Å². The van der Waals surface area contributed by atoms with Crippen LogP contribution in [0.25, 0.3) is 0 Å². The number of para-hydroxylation sites is 1. The van der Waals surface area contributed by atoms with E-state index in [-0.39, 0.29) is 0 Å². The molecule has 1 N–H and O–H groups in total. The van der Waals surface area contributed by atoms with Gasteiger partial charge in [0.25, 0.3) is 0 Å². The van der Waals surface area contributed by atoms with Crippen LogP contribution >= 0.6 is 0 Å². The summed E-state index contributed by atoms with van der Waals surface area (Å²) in [5.74, 6) is 1.65. The number of ether oxygens (including phenoxy) is 2.